The molecule has 0 saturated carbocycles. The summed E-state index contributed by atoms with van der Waals surface area (Å²) in [5, 5.41) is 11.2. The molecule has 29 heavy (non-hydrogen) atoms. The smallest absolute Gasteiger partial charge is 0.248 e. The van der Waals surface area contributed by atoms with E-state index in [1.165, 1.54) is 12.2 Å². The summed E-state index contributed by atoms with van der Waals surface area (Å²) in [6.07, 6.45) is 4.51. The molecule has 0 unspecified atom stereocenters. The lowest BCUT2D eigenvalue weighted by molar-refractivity contribution is -0.111. The Morgan fingerprint density at radius 2 is 1.83 bits per heavy atom. The third-order valence-electron chi connectivity index (χ3n) is 3.64. The largest absolute Gasteiger partial charge is 0.479 e. The number of hydrogen-bond acceptors (Lipinski definition) is 5. The summed E-state index contributed by atoms with van der Waals surface area (Å²) in [5.41, 5.74) is 1.96. The second-order valence-electron chi connectivity index (χ2n) is 5.93. The van der Waals surface area contributed by atoms with Gasteiger partial charge in [0.2, 0.25) is 15.9 Å². The first-order valence-corrected chi connectivity index (χ1v) is 10.3. The zero-order chi connectivity index (χ0) is 21.1. The van der Waals surface area contributed by atoms with Gasteiger partial charge < -0.3 is 10.1 Å². The van der Waals surface area contributed by atoms with Crippen molar-refractivity contribution in [3.05, 3.63) is 78.4 Å². The summed E-state index contributed by atoms with van der Waals surface area (Å²) in [6.45, 7) is 3.63. The van der Waals surface area contributed by atoms with Gasteiger partial charge in [-0.05, 0) is 41.5 Å². The molecule has 0 spiro atoms. The number of rotatable bonds is 10. The third-order valence-corrected chi connectivity index (χ3v) is 4.96. The summed E-state index contributed by atoms with van der Waals surface area (Å²) < 4.78 is 31.3. The van der Waals surface area contributed by atoms with Crippen LogP contribution in [-0.2, 0) is 20.6 Å². The molecule has 0 saturated heterocycles. The number of hydrogen-bond donors (Lipinski definition) is 2. The average molecular weight is 411 g/mol. The summed E-state index contributed by atoms with van der Waals surface area (Å²) >= 11 is 0. The predicted octanol–water partition coefficient (Wildman–Crippen LogP) is 2.85. The van der Waals surface area contributed by atoms with Crippen LogP contribution in [0.3, 0.4) is 0 Å². The molecule has 0 heterocycles. The molecule has 0 bridgehead atoms. The fraction of sp³-hybridized carbons (Fsp3) is 0.143. The highest BCUT2D eigenvalue weighted by atomic mass is 32.2. The van der Waals surface area contributed by atoms with Crippen LogP contribution in [0.4, 0.5) is 5.69 Å². The van der Waals surface area contributed by atoms with E-state index in [4.69, 9.17) is 10.00 Å². The van der Waals surface area contributed by atoms with Crippen LogP contribution in [0.25, 0.3) is 6.08 Å². The molecule has 0 aliphatic rings. The van der Waals surface area contributed by atoms with Crippen LogP contribution >= 0.6 is 0 Å². The number of anilines is 1. The van der Waals surface area contributed by atoms with Crippen molar-refractivity contribution in [3.63, 3.8) is 0 Å². The molecule has 7 nitrogen and oxygen atoms in total. The number of nitriles is 1. The standard InChI is InChI=1S/C21H21N3O4S/c1-2-14-23-29(26,27)16-18-3-8-19(9-4-18)24-21(25)12-7-17-5-10-20(11-6-17)28-15-13-22/h2-12,23H,1,14-16H2,(H,24,25)/b12-7+. The maximum atomic E-state index is 12.1. The van der Waals surface area contributed by atoms with Gasteiger partial charge in [0.1, 0.15) is 11.8 Å². The molecule has 0 aliphatic heterocycles. The Balaban J connectivity index is 1.89. The highest BCUT2D eigenvalue weighted by Crippen LogP contribution is 2.14. The van der Waals surface area contributed by atoms with Crippen molar-refractivity contribution >= 4 is 27.7 Å². The number of amides is 1. The molecule has 2 aromatic carbocycles. The average Bonchev–Trinajstić information content (AvgIpc) is 2.71. The van der Waals surface area contributed by atoms with Gasteiger partial charge in [0.05, 0.1) is 5.75 Å². The minimum absolute atomic E-state index is 0.0202. The van der Waals surface area contributed by atoms with E-state index in [1.54, 1.807) is 54.6 Å². The van der Waals surface area contributed by atoms with Crippen molar-refractivity contribution in [2.75, 3.05) is 18.5 Å². The Kier molecular flexibility index (Phi) is 8.15. The highest BCUT2D eigenvalue weighted by molar-refractivity contribution is 7.88. The second-order valence-corrected chi connectivity index (χ2v) is 7.74. The molecule has 2 rings (SSSR count). The number of ether oxygens (including phenoxy) is 1. The van der Waals surface area contributed by atoms with Crippen molar-refractivity contribution < 1.29 is 17.9 Å². The van der Waals surface area contributed by atoms with Gasteiger partial charge in [-0.3, -0.25) is 4.79 Å². The SMILES string of the molecule is C=CCNS(=O)(=O)Cc1ccc(NC(=O)/C=C/c2ccc(OCC#N)cc2)cc1. The van der Waals surface area contributed by atoms with Gasteiger partial charge in [-0.15, -0.1) is 6.58 Å². The number of benzene rings is 2. The van der Waals surface area contributed by atoms with E-state index in [1.807, 2.05) is 6.07 Å². The van der Waals surface area contributed by atoms with Crippen LogP contribution < -0.4 is 14.8 Å². The Morgan fingerprint density at radius 1 is 1.14 bits per heavy atom. The van der Waals surface area contributed by atoms with Crippen LogP contribution in [0, 0.1) is 11.3 Å². The fourth-order valence-corrected chi connectivity index (χ4v) is 3.39. The molecular weight excluding hydrogens is 390 g/mol. The number of nitrogens with zero attached hydrogens (tertiary/aromatic N) is 1. The fourth-order valence-electron chi connectivity index (χ4n) is 2.29. The molecular formula is C21H21N3O4S. The first kappa shape index (κ1) is 21.9. The number of nitrogens with one attached hydrogen (secondary N) is 2. The lowest BCUT2D eigenvalue weighted by Crippen LogP contribution is -2.25. The topological polar surface area (TPSA) is 108 Å². The minimum atomic E-state index is -3.42. The molecule has 8 heteroatoms. The first-order chi connectivity index (χ1) is 13.9. The van der Waals surface area contributed by atoms with E-state index in [9.17, 15) is 13.2 Å². The van der Waals surface area contributed by atoms with Crippen molar-refractivity contribution in [2.45, 2.75) is 5.75 Å². The van der Waals surface area contributed by atoms with Gasteiger partial charge in [-0.2, -0.15) is 5.26 Å². The van der Waals surface area contributed by atoms with Gasteiger partial charge >= 0.3 is 0 Å². The van der Waals surface area contributed by atoms with Gasteiger partial charge in [0.25, 0.3) is 0 Å². The molecule has 0 radical (unpaired) electrons. The Bertz CT molecular complexity index is 1010. The molecule has 0 atom stereocenters. The van der Waals surface area contributed by atoms with E-state index in [0.29, 0.717) is 17.0 Å². The van der Waals surface area contributed by atoms with Crippen LogP contribution in [0.1, 0.15) is 11.1 Å². The summed E-state index contributed by atoms with van der Waals surface area (Å²) in [7, 11) is -3.42. The van der Waals surface area contributed by atoms with E-state index in [-0.39, 0.29) is 24.8 Å². The Hall–Kier alpha value is -3.41. The molecule has 1 amide bonds. The summed E-state index contributed by atoms with van der Waals surface area (Å²) in [5.74, 6) is 0.112. The number of carbonyl (C=O) groups excluding carboxylic acids is 1. The van der Waals surface area contributed by atoms with E-state index in [0.717, 1.165) is 5.56 Å². The molecule has 2 aromatic rings. The molecule has 0 aliphatic carbocycles. The molecule has 0 fully saturated rings. The van der Waals surface area contributed by atoms with Crippen molar-refractivity contribution in [1.29, 1.82) is 5.26 Å². The zero-order valence-electron chi connectivity index (χ0n) is 15.7. The minimum Gasteiger partial charge on any atom is -0.479 e. The van der Waals surface area contributed by atoms with Gasteiger partial charge in [-0.25, -0.2) is 13.1 Å². The highest BCUT2D eigenvalue weighted by Gasteiger charge is 2.10. The van der Waals surface area contributed by atoms with Crippen LogP contribution in [0.2, 0.25) is 0 Å². The van der Waals surface area contributed by atoms with Gasteiger partial charge in [0, 0.05) is 18.3 Å². The first-order valence-electron chi connectivity index (χ1n) is 8.68. The van der Waals surface area contributed by atoms with Crippen LogP contribution in [0.15, 0.2) is 67.3 Å². The van der Waals surface area contributed by atoms with E-state index in [2.05, 4.69) is 16.6 Å². The van der Waals surface area contributed by atoms with Crippen molar-refractivity contribution in [1.82, 2.24) is 4.72 Å². The second kappa shape index (κ2) is 10.8. The molecule has 2 N–H and O–H groups in total. The van der Waals surface area contributed by atoms with Crippen LogP contribution in [0.5, 0.6) is 5.75 Å². The van der Waals surface area contributed by atoms with Gasteiger partial charge in [-0.1, -0.05) is 30.3 Å². The summed E-state index contributed by atoms with van der Waals surface area (Å²) in [4.78, 5) is 12.1. The maximum absolute atomic E-state index is 12.1. The lowest BCUT2D eigenvalue weighted by Gasteiger charge is -2.06. The maximum Gasteiger partial charge on any atom is 0.248 e. The molecule has 0 aromatic heterocycles. The number of carbonyl (C=O) groups is 1. The van der Waals surface area contributed by atoms with Crippen LogP contribution in [-0.4, -0.2) is 27.5 Å². The normalized spacial score (nSPS) is 11.0. The summed E-state index contributed by atoms with van der Waals surface area (Å²) in [6, 6.07) is 15.4. The lowest BCUT2D eigenvalue weighted by atomic mass is 10.2. The third kappa shape index (κ3) is 8.01. The monoisotopic (exact) mass is 411 g/mol. The van der Waals surface area contributed by atoms with E-state index >= 15 is 0 Å². The zero-order valence-corrected chi connectivity index (χ0v) is 16.5. The predicted molar refractivity (Wildman–Crippen MR) is 112 cm³/mol. The number of sulfonamides is 1. The molecule has 150 valence electrons. The Morgan fingerprint density at radius 3 is 2.45 bits per heavy atom. The van der Waals surface area contributed by atoms with Gasteiger partial charge in [0.15, 0.2) is 6.61 Å². The Labute approximate surface area is 170 Å². The quantitative estimate of drug-likeness (QED) is 0.462. The van der Waals surface area contributed by atoms with Crippen molar-refractivity contribution in [3.8, 4) is 11.8 Å². The van der Waals surface area contributed by atoms with E-state index < -0.39 is 10.0 Å². The van der Waals surface area contributed by atoms with Crippen molar-refractivity contribution in [2.24, 2.45) is 0 Å².